The molecule has 18 heavy (non-hydrogen) atoms. The summed E-state index contributed by atoms with van der Waals surface area (Å²) in [6, 6.07) is 0.762. The molecule has 0 saturated carbocycles. The summed E-state index contributed by atoms with van der Waals surface area (Å²) in [6.07, 6.45) is 7.36. The van der Waals surface area contributed by atoms with Crippen LogP contribution in [0.15, 0.2) is 6.20 Å². The van der Waals surface area contributed by atoms with Gasteiger partial charge in [0.25, 0.3) is 0 Å². The standard InChI is InChI=1S/C13H20ClN3S/c14-13-16-7-11(18-13)9-17-6-2-3-10(8-17)12-4-1-5-15-12/h7,10,12,15H,1-6,8-9H2. The molecule has 1 aromatic heterocycles. The van der Waals surface area contributed by atoms with Crippen LogP contribution in [0, 0.1) is 5.92 Å². The van der Waals surface area contributed by atoms with Crippen molar-refractivity contribution >= 4 is 22.9 Å². The molecule has 2 atom stereocenters. The highest BCUT2D eigenvalue weighted by Gasteiger charge is 2.29. The fourth-order valence-electron chi connectivity index (χ4n) is 3.25. The van der Waals surface area contributed by atoms with Crippen LogP contribution in [0.4, 0.5) is 0 Å². The number of aromatic nitrogens is 1. The summed E-state index contributed by atoms with van der Waals surface area (Å²) >= 11 is 7.50. The molecule has 1 aromatic rings. The van der Waals surface area contributed by atoms with Crippen LogP contribution in [0.5, 0.6) is 0 Å². The second kappa shape index (κ2) is 5.87. The number of nitrogens with zero attached hydrogens (tertiary/aromatic N) is 2. The molecule has 0 amide bonds. The molecule has 100 valence electrons. The smallest absolute Gasteiger partial charge is 0.183 e. The molecule has 0 radical (unpaired) electrons. The molecule has 0 aliphatic carbocycles. The molecule has 2 saturated heterocycles. The monoisotopic (exact) mass is 285 g/mol. The third kappa shape index (κ3) is 3.05. The van der Waals surface area contributed by atoms with Crippen LogP contribution in [0.3, 0.4) is 0 Å². The fourth-order valence-corrected chi connectivity index (χ4v) is 4.27. The molecule has 2 aliphatic rings. The quantitative estimate of drug-likeness (QED) is 0.926. The molecule has 1 N–H and O–H groups in total. The van der Waals surface area contributed by atoms with E-state index in [1.165, 1.54) is 50.2 Å². The van der Waals surface area contributed by atoms with Crippen molar-refractivity contribution in [3.63, 3.8) is 0 Å². The van der Waals surface area contributed by atoms with E-state index in [1.54, 1.807) is 11.3 Å². The average molecular weight is 286 g/mol. The van der Waals surface area contributed by atoms with Crippen LogP contribution < -0.4 is 5.32 Å². The second-order valence-electron chi connectivity index (χ2n) is 5.42. The minimum Gasteiger partial charge on any atom is -0.314 e. The molecule has 3 rings (SSSR count). The summed E-state index contributed by atoms with van der Waals surface area (Å²) in [6.45, 7) is 4.69. The summed E-state index contributed by atoms with van der Waals surface area (Å²) in [5.74, 6) is 0.838. The Bertz CT molecular complexity index is 389. The molecule has 0 bridgehead atoms. The number of thiazole rings is 1. The first-order valence-corrected chi connectivity index (χ1v) is 8.06. The number of hydrogen-bond donors (Lipinski definition) is 1. The fraction of sp³-hybridized carbons (Fsp3) is 0.769. The lowest BCUT2D eigenvalue weighted by Gasteiger charge is -2.35. The zero-order chi connectivity index (χ0) is 12.4. The first-order chi connectivity index (χ1) is 8.81. The Hall–Kier alpha value is -0.160. The Kier molecular flexibility index (Phi) is 4.19. The van der Waals surface area contributed by atoms with E-state index in [9.17, 15) is 0 Å². The van der Waals surface area contributed by atoms with Gasteiger partial charge in [0.2, 0.25) is 0 Å². The zero-order valence-electron chi connectivity index (χ0n) is 10.6. The number of nitrogens with one attached hydrogen (secondary N) is 1. The third-order valence-electron chi connectivity index (χ3n) is 4.11. The van der Waals surface area contributed by atoms with Crippen LogP contribution in [0.25, 0.3) is 0 Å². The summed E-state index contributed by atoms with van der Waals surface area (Å²) < 4.78 is 0.663. The Labute approximate surface area is 118 Å². The van der Waals surface area contributed by atoms with E-state index in [0.29, 0.717) is 4.47 Å². The van der Waals surface area contributed by atoms with Crippen molar-refractivity contribution in [1.82, 2.24) is 15.2 Å². The molecule has 0 spiro atoms. The van der Waals surface area contributed by atoms with E-state index in [2.05, 4.69) is 15.2 Å². The summed E-state index contributed by atoms with van der Waals surface area (Å²) in [4.78, 5) is 7.98. The maximum atomic E-state index is 5.89. The van der Waals surface area contributed by atoms with Crippen LogP contribution in [-0.2, 0) is 6.54 Å². The summed E-state index contributed by atoms with van der Waals surface area (Å²) in [7, 11) is 0. The van der Waals surface area contributed by atoms with Crippen molar-refractivity contribution < 1.29 is 0 Å². The minimum atomic E-state index is 0.663. The predicted octanol–water partition coefficient (Wildman–Crippen LogP) is 2.76. The highest BCUT2D eigenvalue weighted by Crippen LogP contribution is 2.27. The maximum Gasteiger partial charge on any atom is 0.183 e. The molecule has 2 fully saturated rings. The van der Waals surface area contributed by atoms with E-state index in [0.717, 1.165) is 18.5 Å². The van der Waals surface area contributed by atoms with Gasteiger partial charge in [-0.25, -0.2) is 4.98 Å². The lowest BCUT2D eigenvalue weighted by Crippen LogP contribution is -2.43. The van der Waals surface area contributed by atoms with Gasteiger partial charge in [0, 0.05) is 30.2 Å². The molecule has 3 nitrogen and oxygen atoms in total. The number of likely N-dealkylation sites (tertiary alicyclic amines) is 1. The van der Waals surface area contributed by atoms with Gasteiger partial charge in [-0.2, -0.15) is 0 Å². The second-order valence-corrected chi connectivity index (χ2v) is 7.12. The van der Waals surface area contributed by atoms with Gasteiger partial charge in [-0.3, -0.25) is 4.90 Å². The maximum absolute atomic E-state index is 5.89. The third-order valence-corrected chi connectivity index (χ3v) is 5.21. The van der Waals surface area contributed by atoms with Crippen LogP contribution in [-0.4, -0.2) is 35.6 Å². The van der Waals surface area contributed by atoms with Gasteiger partial charge < -0.3 is 5.32 Å². The van der Waals surface area contributed by atoms with Crippen molar-refractivity contribution in [2.45, 2.75) is 38.3 Å². The molecule has 5 heteroatoms. The van der Waals surface area contributed by atoms with Gasteiger partial charge in [-0.05, 0) is 44.7 Å². The van der Waals surface area contributed by atoms with Crippen LogP contribution >= 0.6 is 22.9 Å². The molecular weight excluding hydrogens is 266 g/mol. The first kappa shape index (κ1) is 12.9. The van der Waals surface area contributed by atoms with Gasteiger partial charge in [-0.15, -0.1) is 11.3 Å². The van der Waals surface area contributed by atoms with E-state index in [4.69, 9.17) is 11.6 Å². The molecule has 2 aliphatic heterocycles. The Morgan fingerprint density at radius 1 is 1.44 bits per heavy atom. The van der Waals surface area contributed by atoms with Crippen molar-refractivity contribution in [3.05, 3.63) is 15.5 Å². The minimum absolute atomic E-state index is 0.663. The largest absolute Gasteiger partial charge is 0.314 e. The van der Waals surface area contributed by atoms with Gasteiger partial charge in [0.05, 0.1) is 0 Å². The number of hydrogen-bond acceptors (Lipinski definition) is 4. The van der Waals surface area contributed by atoms with E-state index < -0.39 is 0 Å². The molecule has 3 heterocycles. The summed E-state index contributed by atoms with van der Waals surface area (Å²) in [5, 5.41) is 3.66. The number of halogens is 1. The lowest BCUT2D eigenvalue weighted by molar-refractivity contribution is 0.146. The molecule has 2 unspecified atom stereocenters. The lowest BCUT2D eigenvalue weighted by atomic mass is 9.90. The van der Waals surface area contributed by atoms with Crippen molar-refractivity contribution in [2.75, 3.05) is 19.6 Å². The summed E-state index contributed by atoms with van der Waals surface area (Å²) in [5.41, 5.74) is 0. The van der Waals surface area contributed by atoms with Crippen molar-refractivity contribution in [2.24, 2.45) is 5.92 Å². The van der Waals surface area contributed by atoms with Crippen LogP contribution in [0.1, 0.15) is 30.6 Å². The van der Waals surface area contributed by atoms with Crippen LogP contribution in [0.2, 0.25) is 4.47 Å². The molecular formula is C13H20ClN3S. The Morgan fingerprint density at radius 2 is 2.39 bits per heavy atom. The normalized spacial score (nSPS) is 29.8. The van der Waals surface area contributed by atoms with Gasteiger partial charge in [0.1, 0.15) is 0 Å². The van der Waals surface area contributed by atoms with Gasteiger partial charge in [-0.1, -0.05) is 11.6 Å². The topological polar surface area (TPSA) is 28.2 Å². The highest BCUT2D eigenvalue weighted by atomic mass is 35.5. The first-order valence-electron chi connectivity index (χ1n) is 6.87. The predicted molar refractivity (Wildman–Crippen MR) is 76.1 cm³/mol. The van der Waals surface area contributed by atoms with Gasteiger partial charge >= 0.3 is 0 Å². The van der Waals surface area contributed by atoms with Crippen molar-refractivity contribution in [1.29, 1.82) is 0 Å². The highest BCUT2D eigenvalue weighted by molar-refractivity contribution is 7.15. The molecule has 0 aromatic carbocycles. The Morgan fingerprint density at radius 3 is 3.11 bits per heavy atom. The van der Waals surface area contributed by atoms with E-state index in [-0.39, 0.29) is 0 Å². The van der Waals surface area contributed by atoms with Gasteiger partial charge in [0.15, 0.2) is 4.47 Å². The van der Waals surface area contributed by atoms with E-state index in [1.807, 2.05) is 6.20 Å². The van der Waals surface area contributed by atoms with E-state index >= 15 is 0 Å². The number of rotatable bonds is 3. The average Bonchev–Trinajstić information content (AvgIpc) is 3.01. The van der Waals surface area contributed by atoms with Crippen molar-refractivity contribution in [3.8, 4) is 0 Å². The SMILES string of the molecule is Clc1ncc(CN2CCCC(C3CCCN3)C2)s1. The zero-order valence-corrected chi connectivity index (χ0v) is 12.1. The number of piperidine rings is 1. The Balaban J connectivity index is 1.56.